The summed E-state index contributed by atoms with van der Waals surface area (Å²) in [4.78, 5) is 27.4. The van der Waals surface area contributed by atoms with E-state index in [4.69, 9.17) is 9.15 Å². The SMILES string of the molecule is CCCOc1ccc(/C(O)=C2/C(=O)C(=O)N(c3ccc(OC(F)(F)F)cc3)C2c2ccc(C)o2)cc1C. The van der Waals surface area contributed by atoms with E-state index in [2.05, 4.69) is 4.74 Å². The second-order valence-electron chi connectivity index (χ2n) is 8.49. The zero-order valence-electron chi connectivity index (χ0n) is 20.3. The third-order valence-electron chi connectivity index (χ3n) is 5.73. The van der Waals surface area contributed by atoms with Crippen LogP contribution in [0.1, 0.15) is 42.0 Å². The molecule has 4 rings (SSSR count). The van der Waals surface area contributed by atoms with Gasteiger partial charge in [0.1, 0.15) is 34.8 Å². The minimum absolute atomic E-state index is 0.120. The van der Waals surface area contributed by atoms with Crippen molar-refractivity contribution in [3.63, 3.8) is 0 Å². The number of nitrogens with zero attached hydrogens (tertiary/aromatic N) is 1. The first kappa shape index (κ1) is 25.9. The molecule has 0 aliphatic carbocycles. The van der Waals surface area contributed by atoms with Crippen molar-refractivity contribution in [3.05, 3.63) is 82.8 Å². The van der Waals surface area contributed by atoms with Gasteiger partial charge in [0.2, 0.25) is 0 Å². The Balaban J connectivity index is 1.80. The summed E-state index contributed by atoms with van der Waals surface area (Å²) in [6, 6.07) is 11.4. The fourth-order valence-corrected chi connectivity index (χ4v) is 4.10. The molecule has 1 fully saturated rings. The molecule has 0 saturated carbocycles. The number of aliphatic hydroxyl groups excluding tert-OH is 1. The van der Waals surface area contributed by atoms with Gasteiger partial charge in [-0.1, -0.05) is 6.92 Å². The number of aryl methyl sites for hydroxylation is 2. The predicted octanol–water partition coefficient (Wildman–Crippen LogP) is 6.21. The monoisotopic (exact) mass is 515 g/mol. The second kappa shape index (κ2) is 10.0. The Morgan fingerprint density at radius 2 is 1.76 bits per heavy atom. The predicted molar refractivity (Wildman–Crippen MR) is 128 cm³/mol. The molecule has 3 aromatic rings. The fourth-order valence-electron chi connectivity index (χ4n) is 4.10. The van der Waals surface area contributed by atoms with Crippen molar-refractivity contribution in [2.24, 2.45) is 0 Å². The molecule has 1 atom stereocenters. The van der Waals surface area contributed by atoms with Crippen molar-refractivity contribution in [1.29, 1.82) is 0 Å². The van der Waals surface area contributed by atoms with Crippen molar-refractivity contribution in [2.75, 3.05) is 11.5 Å². The van der Waals surface area contributed by atoms with E-state index in [0.29, 0.717) is 23.7 Å². The van der Waals surface area contributed by atoms with E-state index < -0.39 is 35.6 Å². The van der Waals surface area contributed by atoms with Crippen LogP contribution in [0.2, 0.25) is 0 Å². The van der Waals surface area contributed by atoms with E-state index in [9.17, 15) is 27.9 Å². The van der Waals surface area contributed by atoms with E-state index in [1.54, 1.807) is 44.2 Å². The van der Waals surface area contributed by atoms with Crippen LogP contribution in [0.25, 0.3) is 5.76 Å². The number of ketones is 1. The Morgan fingerprint density at radius 3 is 2.32 bits per heavy atom. The molecule has 1 unspecified atom stereocenters. The number of halogens is 3. The first-order valence-electron chi connectivity index (χ1n) is 11.5. The van der Waals surface area contributed by atoms with E-state index in [1.807, 2.05) is 6.92 Å². The smallest absolute Gasteiger partial charge is 0.507 e. The summed E-state index contributed by atoms with van der Waals surface area (Å²) < 4.78 is 53.0. The number of alkyl halides is 3. The number of ether oxygens (including phenoxy) is 2. The number of hydrogen-bond acceptors (Lipinski definition) is 6. The van der Waals surface area contributed by atoms with Crippen LogP contribution in [0.3, 0.4) is 0 Å². The topological polar surface area (TPSA) is 89.2 Å². The Kier molecular flexibility index (Phi) is 7.02. The third-order valence-corrected chi connectivity index (χ3v) is 5.73. The second-order valence-corrected chi connectivity index (χ2v) is 8.49. The lowest BCUT2D eigenvalue weighted by molar-refractivity contribution is -0.274. The maximum atomic E-state index is 13.2. The van der Waals surface area contributed by atoms with Crippen molar-refractivity contribution >= 4 is 23.1 Å². The van der Waals surface area contributed by atoms with Gasteiger partial charge in [-0.2, -0.15) is 0 Å². The highest BCUT2D eigenvalue weighted by Crippen LogP contribution is 2.43. The summed E-state index contributed by atoms with van der Waals surface area (Å²) in [5.74, 6) is -1.50. The van der Waals surface area contributed by atoms with Crippen LogP contribution in [-0.2, 0) is 9.59 Å². The molecule has 1 saturated heterocycles. The van der Waals surface area contributed by atoms with Gasteiger partial charge in [-0.3, -0.25) is 14.5 Å². The number of rotatable bonds is 7. The van der Waals surface area contributed by atoms with Gasteiger partial charge in [0, 0.05) is 11.3 Å². The summed E-state index contributed by atoms with van der Waals surface area (Å²) in [5.41, 5.74) is 0.921. The summed E-state index contributed by atoms with van der Waals surface area (Å²) >= 11 is 0. The molecule has 1 amide bonds. The number of anilines is 1. The summed E-state index contributed by atoms with van der Waals surface area (Å²) in [7, 11) is 0. The Labute approximate surface area is 210 Å². The van der Waals surface area contributed by atoms with Gasteiger partial charge in [-0.25, -0.2) is 0 Å². The van der Waals surface area contributed by atoms with Gasteiger partial charge in [-0.15, -0.1) is 13.2 Å². The molecule has 194 valence electrons. The molecule has 1 aromatic heterocycles. The molecule has 2 heterocycles. The van der Waals surface area contributed by atoms with Crippen molar-refractivity contribution in [1.82, 2.24) is 0 Å². The average Bonchev–Trinajstić information content (AvgIpc) is 3.38. The van der Waals surface area contributed by atoms with E-state index in [1.165, 1.54) is 12.1 Å². The largest absolute Gasteiger partial charge is 0.573 e. The van der Waals surface area contributed by atoms with E-state index in [-0.39, 0.29) is 17.0 Å². The number of carbonyl (C=O) groups excluding carboxylic acids is 2. The maximum Gasteiger partial charge on any atom is 0.573 e. The van der Waals surface area contributed by atoms with Crippen LogP contribution in [0, 0.1) is 13.8 Å². The lowest BCUT2D eigenvalue weighted by Crippen LogP contribution is -2.29. The number of amides is 1. The summed E-state index contributed by atoms with van der Waals surface area (Å²) in [6.45, 7) is 5.96. The van der Waals surface area contributed by atoms with Crippen LogP contribution in [0.4, 0.5) is 18.9 Å². The van der Waals surface area contributed by atoms with Gasteiger partial charge in [-0.05, 0) is 80.4 Å². The molecule has 0 spiro atoms. The maximum absolute atomic E-state index is 13.2. The molecular formula is C27H24F3NO6. The van der Waals surface area contributed by atoms with Crippen LogP contribution >= 0.6 is 0 Å². The Morgan fingerprint density at radius 1 is 1.05 bits per heavy atom. The molecule has 2 aromatic carbocycles. The van der Waals surface area contributed by atoms with Gasteiger partial charge in [0.05, 0.1) is 12.2 Å². The average molecular weight is 515 g/mol. The first-order chi connectivity index (χ1) is 17.5. The van der Waals surface area contributed by atoms with Gasteiger partial charge in [0.15, 0.2) is 0 Å². The minimum atomic E-state index is -4.88. The van der Waals surface area contributed by atoms with E-state index in [0.717, 1.165) is 29.0 Å². The quantitative estimate of drug-likeness (QED) is 0.229. The van der Waals surface area contributed by atoms with E-state index >= 15 is 0 Å². The third kappa shape index (κ3) is 5.32. The zero-order valence-corrected chi connectivity index (χ0v) is 20.3. The molecule has 10 heteroatoms. The lowest BCUT2D eigenvalue weighted by Gasteiger charge is -2.23. The lowest BCUT2D eigenvalue weighted by atomic mass is 9.98. The molecule has 0 bridgehead atoms. The molecule has 37 heavy (non-hydrogen) atoms. The highest BCUT2D eigenvalue weighted by atomic mass is 19.4. The molecule has 1 aliphatic heterocycles. The van der Waals surface area contributed by atoms with Crippen molar-refractivity contribution in [3.8, 4) is 11.5 Å². The number of benzene rings is 2. The highest BCUT2D eigenvalue weighted by molar-refractivity contribution is 6.51. The summed E-state index contributed by atoms with van der Waals surface area (Å²) in [5, 5.41) is 11.2. The number of carbonyl (C=O) groups is 2. The van der Waals surface area contributed by atoms with Crippen LogP contribution < -0.4 is 14.4 Å². The van der Waals surface area contributed by atoms with Crippen LogP contribution in [-0.4, -0.2) is 29.8 Å². The van der Waals surface area contributed by atoms with Gasteiger partial charge < -0.3 is 19.0 Å². The molecule has 1 N–H and O–H groups in total. The molecule has 7 nitrogen and oxygen atoms in total. The van der Waals surface area contributed by atoms with Gasteiger partial charge >= 0.3 is 6.36 Å². The number of aliphatic hydroxyl groups is 1. The number of hydrogen-bond donors (Lipinski definition) is 1. The van der Waals surface area contributed by atoms with Crippen molar-refractivity contribution < 1.29 is 41.8 Å². The van der Waals surface area contributed by atoms with Crippen LogP contribution in [0.5, 0.6) is 11.5 Å². The minimum Gasteiger partial charge on any atom is -0.507 e. The fraction of sp³-hybridized carbons (Fsp3) is 0.259. The highest BCUT2D eigenvalue weighted by Gasteiger charge is 2.48. The molecular weight excluding hydrogens is 491 g/mol. The van der Waals surface area contributed by atoms with Crippen LogP contribution in [0.15, 0.2) is 64.6 Å². The van der Waals surface area contributed by atoms with Gasteiger partial charge in [0.25, 0.3) is 11.7 Å². The van der Waals surface area contributed by atoms with Crippen molar-refractivity contribution in [2.45, 2.75) is 39.6 Å². The number of Topliss-reactive ketones (excluding diaryl/α,β-unsaturated/α-hetero) is 1. The molecule has 1 aliphatic rings. The summed E-state index contributed by atoms with van der Waals surface area (Å²) in [6.07, 6.45) is -4.07. The first-order valence-corrected chi connectivity index (χ1v) is 11.5. The standard InChI is InChI=1S/C27H24F3NO6/c1-4-13-35-20-12-6-17(14-15(20)2)24(32)22-23(21-11-5-16(3)36-21)31(26(34)25(22)33)18-7-9-19(10-8-18)37-27(28,29)30/h5-12,14,23,32H,4,13H2,1-3H3/b24-22-. The Bertz CT molecular complexity index is 1360. The Hall–Kier alpha value is -4.21. The molecule has 0 radical (unpaired) electrons. The zero-order chi connectivity index (χ0) is 26.9. The normalized spacial score (nSPS) is 17.4. The number of furan rings is 1.